The Balaban J connectivity index is 1.81. The number of rotatable bonds is 10. The van der Waals surface area contributed by atoms with Crippen LogP contribution in [0.4, 0.5) is 10.1 Å². The van der Waals surface area contributed by atoms with Crippen molar-refractivity contribution in [3.05, 3.63) is 29.6 Å². The zero-order valence-electron chi connectivity index (χ0n) is 19.3. The molecule has 174 valence electrons. The monoisotopic (exact) mass is 436 g/mol. The van der Waals surface area contributed by atoms with E-state index in [9.17, 15) is 9.18 Å². The van der Waals surface area contributed by atoms with E-state index in [0.717, 1.165) is 50.8 Å². The standard InChI is InChI=1S/C22H37FN6O2/c1-5-28(6-2)20-8-7-18(15-19(20)23)16-26-22(24-3)29-12-10-27(11-13-29)17-21(30)25-9-14-31-4/h7-8,15H,5-6,9-14,16-17H2,1-4H3,(H,24,26)(H,25,30). The number of hydrogen-bond donors (Lipinski definition) is 2. The molecular weight excluding hydrogens is 399 g/mol. The molecule has 9 heteroatoms. The predicted octanol–water partition coefficient (Wildman–Crippen LogP) is 1.13. The second-order valence-electron chi connectivity index (χ2n) is 7.46. The van der Waals surface area contributed by atoms with Gasteiger partial charge in [-0.15, -0.1) is 0 Å². The maximum atomic E-state index is 14.5. The highest BCUT2D eigenvalue weighted by atomic mass is 19.1. The fraction of sp³-hybridized carbons (Fsp3) is 0.636. The van der Waals surface area contributed by atoms with Gasteiger partial charge in [-0.1, -0.05) is 6.07 Å². The van der Waals surface area contributed by atoms with Crippen LogP contribution >= 0.6 is 0 Å². The van der Waals surface area contributed by atoms with E-state index in [1.54, 1.807) is 20.2 Å². The molecule has 1 fully saturated rings. The van der Waals surface area contributed by atoms with Crippen molar-refractivity contribution in [2.24, 2.45) is 4.99 Å². The molecule has 2 N–H and O–H groups in total. The second-order valence-corrected chi connectivity index (χ2v) is 7.46. The number of benzene rings is 1. The molecule has 2 rings (SSSR count). The van der Waals surface area contributed by atoms with E-state index >= 15 is 0 Å². The topological polar surface area (TPSA) is 72.4 Å². The lowest BCUT2D eigenvalue weighted by molar-refractivity contribution is -0.122. The quantitative estimate of drug-likeness (QED) is 0.326. The number of nitrogens with zero attached hydrogens (tertiary/aromatic N) is 4. The second kappa shape index (κ2) is 13.1. The van der Waals surface area contributed by atoms with Gasteiger partial charge in [-0.2, -0.15) is 0 Å². The maximum absolute atomic E-state index is 14.5. The number of hydrogen-bond acceptors (Lipinski definition) is 5. The van der Waals surface area contributed by atoms with Gasteiger partial charge in [-0.05, 0) is 31.5 Å². The molecule has 0 spiro atoms. The van der Waals surface area contributed by atoms with Gasteiger partial charge >= 0.3 is 0 Å². The van der Waals surface area contributed by atoms with Crippen LogP contribution in [0.5, 0.6) is 0 Å². The number of piperazine rings is 1. The van der Waals surface area contributed by atoms with E-state index in [1.807, 2.05) is 30.9 Å². The number of amides is 1. The summed E-state index contributed by atoms with van der Waals surface area (Å²) >= 11 is 0. The summed E-state index contributed by atoms with van der Waals surface area (Å²) in [4.78, 5) is 22.6. The number of anilines is 1. The van der Waals surface area contributed by atoms with Crippen LogP contribution in [-0.2, 0) is 16.1 Å². The molecule has 0 radical (unpaired) electrons. The van der Waals surface area contributed by atoms with E-state index in [1.165, 1.54) is 0 Å². The van der Waals surface area contributed by atoms with Crippen LogP contribution in [0, 0.1) is 5.82 Å². The maximum Gasteiger partial charge on any atom is 0.234 e. The highest BCUT2D eigenvalue weighted by Crippen LogP contribution is 2.20. The van der Waals surface area contributed by atoms with Gasteiger partial charge in [-0.25, -0.2) is 4.39 Å². The summed E-state index contributed by atoms with van der Waals surface area (Å²) < 4.78 is 19.5. The lowest BCUT2D eigenvalue weighted by Gasteiger charge is -2.36. The van der Waals surface area contributed by atoms with Gasteiger partial charge < -0.3 is 25.2 Å². The Bertz CT molecular complexity index is 718. The molecule has 0 saturated carbocycles. The van der Waals surface area contributed by atoms with Gasteiger partial charge in [0, 0.05) is 66.5 Å². The average Bonchev–Trinajstić information content (AvgIpc) is 2.77. The van der Waals surface area contributed by atoms with Gasteiger partial charge in [0.05, 0.1) is 18.8 Å². The van der Waals surface area contributed by atoms with Gasteiger partial charge in [0.25, 0.3) is 0 Å². The number of ether oxygens (including phenoxy) is 1. The van der Waals surface area contributed by atoms with Crippen molar-refractivity contribution in [2.45, 2.75) is 20.4 Å². The molecular formula is C22H37FN6O2. The molecule has 1 aliphatic heterocycles. The molecule has 0 unspecified atom stereocenters. The van der Waals surface area contributed by atoms with E-state index in [0.29, 0.717) is 31.9 Å². The summed E-state index contributed by atoms with van der Waals surface area (Å²) in [6.45, 7) is 10.7. The van der Waals surface area contributed by atoms with Gasteiger partial charge in [0.1, 0.15) is 5.82 Å². The molecule has 0 bridgehead atoms. The minimum absolute atomic E-state index is 0.0168. The van der Waals surface area contributed by atoms with Gasteiger partial charge in [-0.3, -0.25) is 14.7 Å². The molecule has 31 heavy (non-hydrogen) atoms. The Morgan fingerprint density at radius 2 is 1.90 bits per heavy atom. The Morgan fingerprint density at radius 1 is 1.19 bits per heavy atom. The third-order valence-corrected chi connectivity index (χ3v) is 5.45. The molecule has 1 aliphatic rings. The number of carbonyl (C=O) groups excluding carboxylic acids is 1. The zero-order valence-corrected chi connectivity index (χ0v) is 19.3. The van der Waals surface area contributed by atoms with E-state index in [2.05, 4.69) is 25.4 Å². The van der Waals surface area contributed by atoms with Crippen LogP contribution in [0.1, 0.15) is 19.4 Å². The number of guanidine groups is 1. The molecule has 1 aromatic rings. The summed E-state index contributed by atoms with van der Waals surface area (Å²) in [5.41, 5.74) is 1.52. The fourth-order valence-electron chi connectivity index (χ4n) is 3.66. The molecule has 1 heterocycles. The van der Waals surface area contributed by atoms with Crippen LogP contribution < -0.4 is 15.5 Å². The summed E-state index contributed by atoms with van der Waals surface area (Å²) in [6, 6.07) is 5.39. The highest BCUT2D eigenvalue weighted by molar-refractivity contribution is 5.80. The van der Waals surface area contributed by atoms with Crippen molar-refractivity contribution in [1.82, 2.24) is 20.4 Å². The van der Waals surface area contributed by atoms with Gasteiger partial charge in [0.2, 0.25) is 5.91 Å². The van der Waals surface area contributed by atoms with Gasteiger partial charge in [0.15, 0.2) is 5.96 Å². The minimum atomic E-state index is -0.199. The van der Waals surface area contributed by atoms with Crippen LogP contribution in [-0.4, -0.2) is 94.8 Å². The summed E-state index contributed by atoms with van der Waals surface area (Å²) in [7, 11) is 3.37. The average molecular weight is 437 g/mol. The van der Waals surface area contributed by atoms with Crippen LogP contribution in [0.2, 0.25) is 0 Å². The molecule has 0 aliphatic carbocycles. The van der Waals surface area contributed by atoms with Crippen LogP contribution in [0.25, 0.3) is 0 Å². The first kappa shape index (κ1) is 24.9. The number of halogens is 1. The summed E-state index contributed by atoms with van der Waals surface area (Å²) in [6.07, 6.45) is 0. The molecule has 1 aromatic carbocycles. The normalized spacial score (nSPS) is 15.1. The van der Waals surface area contributed by atoms with Crippen molar-refractivity contribution in [3.8, 4) is 0 Å². The Labute approximate surface area is 185 Å². The predicted molar refractivity (Wildman–Crippen MR) is 123 cm³/mol. The number of methoxy groups -OCH3 is 1. The number of aliphatic imine (C=N–C) groups is 1. The number of nitrogens with one attached hydrogen (secondary N) is 2. The van der Waals surface area contributed by atoms with E-state index in [-0.39, 0.29) is 11.7 Å². The smallest absolute Gasteiger partial charge is 0.234 e. The lowest BCUT2D eigenvalue weighted by atomic mass is 10.1. The Hall–Kier alpha value is -2.39. The molecule has 0 aromatic heterocycles. The van der Waals surface area contributed by atoms with E-state index < -0.39 is 0 Å². The third kappa shape index (κ3) is 7.66. The SMILES string of the molecule is CCN(CC)c1ccc(CNC(=NC)N2CCN(CC(=O)NCCOC)CC2)cc1F. The lowest BCUT2D eigenvalue weighted by Crippen LogP contribution is -2.54. The first-order chi connectivity index (χ1) is 15.0. The van der Waals surface area contributed by atoms with Crippen molar-refractivity contribution in [3.63, 3.8) is 0 Å². The zero-order chi connectivity index (χ0) is 22.6. The molecule has 1 saturated heterocycles. The van der Waals surface area contributed by atoms with Crippen LogP contribution in [0.15, 0.2) is 23.2 Å². The molecule has 0 atom stereocenters. The Kier molecular flexibility index (Phi) is 10.5. The minimum Gasteiger partial charge on any atom is -0.383 e. The largest absolute Gasteiger partial charge is 0.383 e. The van der Waals surface area contributed by atoms with E-state index in [4.69, 9.17) is 4.74 Å². The fourth-order valence-corrected chi connectivity index (χ4v) is 3.66. The number of carbonyl (C=O) groups is 1. The van der Waals surface area contributed by atoms with Crippen molar-refractivity contribution < 1.29 is 13.9 Å². The first-order valence-electron chi connectivity index (χ1n) is 11.0. The van der Waals surface area contributed by atoms with Crippen molar-refractivity contribution >= 4 is 17.6 Å². The first-order valence-corrected chi connectivity index (χ1v) is 11.0. The summed E-state index contributed by atoms with van der Waals surface area (Å²) in [5.74, 6) is 0.607. The third-order valence-electron chi connectivity index (χ3n) is 5.45. The van der Waals surface area contributed by atoms with Crippen molar-refractivity contribution in [1.29, 1.82) is 0 Å². The molecule has 8 nitrogen and oxygen atoms in total. The van der Waals surface area contributed by atoms with Crippen molar-refractivity contribution in [2.75, 3.05) is 78.0 Å². The highest BCUT2D eigenvalue weighted by Gasteiger charge is 2.21. The summed E-state index contributed by atoms with van der Waals surface area (Å²) in [5, 5.41) is 6.18. The Morgan fingerprint density at radius 3 is 2.48 bits per heavy atom. The molecule has 1 amide bonds. The van der Waals surface area contributed by atoms with Crippen LogP contribution in [0.3, 0.4) is 0 Å².